The molecule has 0 aliphatic heterocycles. The molecule has 0 amide bonds. The van der Waals surface area contributed by atoms with E-state index < -0.39 is 0 Å². The first kappa shape index (κ1) is 28.7. The van der Waals surface area contributed by atoms with E-state index in [0.29, 0.717) is 5.69 Å². The summed E-state index contributed by atoms with van der Waals surface area (Å²) in [4.78, 5) is 2.34. The Hall–Kier alpha value is -6.52. The van der Waals surface area contributed by atoms with Crippen molar-refractivity contribution in [2.24, 2.45) is 0 Å². The van der Waals surface area contributed by atoms with Gasteiger partial charge in [0, 0.05) is 55.5 Å². The van der Waals surface area contributed by atoms with Crippen molar-refractivity contribution in [3.05, 3.63) is 169 Å². The molecule has 49 heavy (non-hydrogen) atoms. The van der Waals surface area contributed by atoms with Crippen molar-refractivity contribution in [3.8, 4) is 16.8 Å². The second-order valence-electron chi connectivity index (χ2n) is 12.4. The van der Waals surface area contributed by atoms with Gasteiger partial charge in [0.15, 0.2) is 0 Å². The van der Waals surface area contributed by atoms with E-state index in [-0.39, 0.29) is 0 Å². The number of nitrogens with zero attached hydrogens (tertiary/aromatic N) is 2. The lowest BCUT2D eigenvalue weighted by atomic mass is 10.0. The van der Waals surface area contributed by atoms with Crippen LogP contribution in [0.15, 0.2) is 168 Å². The zero-order valence-electron chi connectivity index (χ0n) is 27.0. The van der Waals surface area contributed by atoms with Gasteiger partial charge >= 0.3 is 0 Å². The molecular formula is C45H33N3O. The molecule has 7 aromatic carbocycles. The second kappa shape index (κ2) is 11.6. The van der Waals surface area contributed by atoms with Gasteiger partial charge in [-0.25, -0.2) is 0 Å². The minimum Gasteiger partial charge on any atom is -0.455 e. The van der Waals surface area contributed by atoms with Crippen molar-refractivity contribution in [1.82, 2.24) is 4.57 Å². The summed E-state index contributed by atoms with van der Waals surface area (Å²) < 4.78 is 8.80. The van der Waals surface area contributed by atoms with Gasteiger partial charge in [-0.15, -0.1) is 0 Å². The number of allylic oxidation sites excluding steroid dienone is 1. The SMILES string of the molecule is C/C=C\c1c(N)ccc2c1oc1ccc(N(c3ccc(-c4ccccc4)cc3)c3ccc4c5ccccc5n(-c5ccccc5)c4c3)cc12. The number of fused-ring (bicyclic) bond motifs is 6. The summed E-state index contributed by atoms with van der Waals surface area (Å²) in [5.74, 6) is 0. The summed E-state index contributed by atoms with van der Waals surface area (Å²) in [6.07, 6.45) is 4.01. The van der Waals surface area contributed by atoms with Crippen LogP contribution in [0.5, 0.6) is 0 Å². The van der Waals surface area contributed by atoms with Crippen LogP contribution in [-0.4, -0.2) is 4.57 Å². The molecule has 0 radical (unpaired) electrons. The predicted octanol–water partition coefficient (Wildman–Crippen LogP) is 12.4. The molecule has 2 aromatic heterocycles. The van der Waals surface area contributed by atoms with Crippen LogP contribution < -0.4 is 10.6 Å². The molecule has 4 nitrogen and oxygen atoms in total. The Morgan fingerprint density at radius 2 is 1.18 bits per heavy atom. The predicted molar refractivity (Wildman–Crippen MR) is 207 cm³/mol. The monoisotopic (exact) mass is 631 g/mol. The Bertz CT molecular complexity index is 2670. The van der Waals surface area contributed by atoms with Crippen molar-refractivity contribution < 1.29 is 4.42 Å². The van der Waals surface area contributed by atoms with Gasteiger partial charge in [0.05, 0.1) is 11.0 Å². The number of para-hydroxylation sites is 2. The lowest BCUT2D eigenvalue weighted by molar-refractivity contribution is 0.668. The topological polar surface area (TPSA) is 47.3 Å². The number of rotatable bonds is 6. The molecule has 9 aromatic rings. The second-order valence-corrected chi connectivity index (χ2v) is 12.4. The summed E-state index contributed by atoms with van der Waals surface area (Å²) in [5.41, 5.74) is 18.6. The van der Waals surface area contributed by atoms with Crippen LogP contribution >= 0.6 is 0 Å². The summed E-state index contributed by atoms with van der Waals surface area (Å²) in [6, 6.07) is 55.9. The van der Waals surface area contributed by atoms with E-state index in [1.54, 1.807) is 0 Å². The number of anilines is 4. The molecule has 0 saturated heterocycles. The normalized spacial score (nSPS) is 11.8. The fourth-order valence-electron chi connectivity index (χ4n) is 7.18. The average Bonchev–Trinajstić information content (AvgIpc) is 3.69. The van der Waals surface area contributed by atoms with E-state index in [2.05, 4.69) is 161 Å². The highest BCUT2D eigenvalue weighted by atomic mass is 16.3. The number of hydrogen-bond acceptors (Lipinski definition) is 3. The average molecular weight is 632 g/mol. The van der Waals surface area contributed by atoms with E-state index in [9.17, 15) is 0 Å². The molecule has 0 spiro atoms. The van der Waals surface area contributed by atoms with E-state index in [1.807, 2.05) is 25.1 Å². The largest absolute Gasteiger partial charge is 0.455 e. The fraction of sp³-hybridized carbons (Fsp3) is 0.0222. The van der Waals surface area contributed by atoms with Crippen molar-refractivity contribution in [2.45, 2.75) is 6.92 Å². The fourth-order valence-corrected chi connectivity index (χ4v) is 7.18. The first-order valence-corrected chi connectivity index (χ1v) is 16.6. The maximum Gasteiger partial charge on any atom is 0.144 e. The van der Waals surface area contributed by atoms with Crippen LogP contribution in [0, 0.1) is 0 Å². The van der Waals surface area contributed by atoms with Gasteiger partial charge in [0.2, 0.25) is 0 Å². The molecule has 2 heterocycles. The van der Waals surface area contributed by atoms with Gasteiger partial charge < -0.3 is 19.6 Å². The molecule has 0 saturated carbocycles. The van der Waals surface area contributed by atoms with E-state index in [0.717, 1.165) is 55.8 Å². The molecule has 0 unspecified atom stereocenters. The smallest absolute Gasteiger partial charge is 0.144 e. The third-order valence-corrected chi connectivity index (χ3v) is 9.45. The molecule has 234 valence electrons. The van der Waals surface area contributed by atoms with Gasteiger partial charge in [0.25, 0.3) is 0 Å². The van der Waals surface area contributed by atoms with Crippen LogP contribution in [0.25, 0.3) is 66.6 Å². The lowest BCUT2D eigenvalue weighted by Gasteiger charge is -2.26. The van der Waals surface area contributed by atoms with Crippen molar-refractivity contribution in [3.63, 3.8) is 0 Å². The van der Waals surface area contributed by atoms with Crippen molar-refractivity contribution in [2.75, 3.05) is 10.6 Å². The molecule has 0 fully saturated rings. The molecule has 4 heteroatoms. The zero-order valence-corrected chi connectivity index (χ0v) is 27.0. The number of furan rings is 1. The molecule has 2 N–H and O–H groups in total. The van der Waals surface area contributed by atoms with Crippen LogP contribution in [0.4, 0.5) is 22.7 Å². The highest BCUT2D eigenvalue weighted by Gasteiger charge is 2.20. The maximum atomic E-state index is 6.43. The zero-order chi connectivity index (χ0) is 32.9. The highest BCUT2D eigenvalue weighted by molar-refractivity contribution is 6.12. The van der Waals surface area contributed by atoms with Gasteiger partial charge in [0.1, 0.15) is 11.2 Å². The maximum absolute atomic E-state index is 6.43. The first-order valence-electron chi connectivity index (χ1n) is 16.6. The van der Waals surface area contributed by atoms with Crippen LogP contribution in [-0.2, 0) is 0 Å². The Balaban J connectivity index is 1.28. The molecule has 0 atom stereocenters. The van der Waals surface area contributed by atoms with Crippen LogP contribution in [0.1, 0.15) is 12.5 Å². The Morgan fingerprint density at radius 3 is 1.98 bits per heavy atom. The minimum absolute atomic E-state index is 0.701. The Kier molecular flexibility index (Phi) is 6.80. The van der Waals surface area contributed by atoms with Gasteiger partial charge in [-0.2, -0.15) is 0 Å². The Morgan fingerprint density at radius 1 is 0.551 bits per heavy atom. The number of hydrogen-bond donors (Lipinski definition) is 1. The number of nitrogens with two attached hydrogens (primary N) is 1. The third kappa shape index (κ3) is 4.77. The van der Waals surface area contributed by atoms with Crippen molar-refractivity contribution >= 4 is 72.6 Å². The third-order valence-electron chi connectivity index (χ3n) is 9.45. The van der Waals surface area contributed by atoms with Gasteiger partial charge in [-0.05, 0) is 90.8 Å². The Labute approximate surface area is 284 Å². The summed E-state index contributed by atoms with van der Waals surface area (Å²) >= 11 is 0. The van der Waals surface area contributed by atoms with E-state index in [4.69, 9.17) is 10.2 Å². The van der Waals surface area contributed by atoms with Crippen molar-refractivity contribution in [1.29, 1.82) is 0 Å². The van der Waals surface area contributed by atoms with Crippen LogP contribution in [0.3, 0.4) is 0 Å². The molecule has 0 bridgehead atoms. The quantitative estimate of drug-likeness (QED) is 0.186. The number of aromatic nitrogens is 1. The number of benzene rings is 7. The summed E-state index contributed by atoms with van der Waals surface area (Å²) in [5, 5.41) is 4.53. The minimum atomic E-state index is 0.701. The lowest BCUT2D eigenvalue weighted by Crippen LogP contribution is -2.10. The van der Waals surface area contributed by atoms with Gasteiger partial charge in [-0.3, -0.25) is 0 Å². The summed E-state index contributed by atoms with van der Waals surface area (Å²) in [7, 11) is 0. The summed E-state index contributed by atoms with van der Waals surface area (Å²) in [6.45, 7) is 1.99. The van der Waals surface area contributed by atoms with E-state index in [1.165, 1.54) is 27.4 Å². The standard InChI is InChI=1S/C45H33N3O/c1-2-11-39-41(46)26-25-38-40-28-34(23-27-44(40)49-45(38)39)47(33-20-18-31(19-21-33)30-12-5-3-6-13-30)35-22-24-37-36-16-9-10-17-42(36)48(43(37)29-35)32-14-7-4-8-15-32/h2-29H,46H2,1H3/b11-2-. The highest BCUT2D eigenvalue weighted by Crippen LogP contribution is 2.43. The molecule has 0 aliphatic carbocycles. The van der Waals surface area contributed by atoms with E-state index >= 15 is 0 Å². The molecular weight excluding hydrogens is 599 g/mol. The first-order chi connectivity index (χ1) is 24.2. The van der Waals surface area contributed by atoms with Gasteiger partial charge in [-0.1, -0.05) is 97.1 Å². The molecule has 9 rings (SSSR count). The number of nitrogen functional groups attached to an aromatic ring is 1. The van der Waals surface area contributed by atoms with Crippen LogP contribution in [0.2, 0.25) is 0 Å². The molecule has 0 aliphatic rings.